The number of ether oxygens (including phenoxy) is 2. The normalized spacial score (nSPS) is 14.6. The molecule has 0 atom stereocenters. The summed E-state index contributed by atoms with van der Waals surface area (Å²) in [6.45, 7) is 4.74. The zero-order valence-corrected chi connectivity index (χ0v) is 15.6. The van der Waals surface area contributed by atoms with Gasteiger partial charge in [0, 0.05) is 0 Å². The van der Waals surface area contributed by atoms with Gasteiger partial charge in [-0.2, -0.15) is 14.9 Å². The van der Waals surface area contributed by atoms with E-state index < -0.39 is 0 Å². The maximum absolute atomic E-state index is 13.3. The van der Waals surface area contributed by atoms with Crippen LogP contribution in [0.25, 0.3) is 5.69 Å². The number of benzene rings is 2. The van der Waals surface area contributed by atoms with Crippen LogP contribution in [-0.2, 0) is 4.74 Å². The van der Waals surface area contributed by atoms with Crippen LogP contribution >= 0.6 is 0 Å². The van der Waals surface area contributed by atoms with E-state index in [0.717, 1.165) is 30.0 Å². The van der Waals surface area contributed by atoms with E-state index in [2.05, 4.69) is 10.2 Å². The van der Waals surface area contributed by atoms with Crippen LogP contribution in [0.2, 0.25) is 0 Å². The summed E-state index contributed by atoms with van der Waals surface area (Å²) in [5.41, 5.74) is 2.44. The largest absolute Gasteiger partial charge is 0.438 e. The van der Waals surface area contributed by atoms with E-state index in [4.69, 9.17) is 9.47 Å². The number of nitrogens with zero attached hydrogens (tertiary/aromatic N) is 4. The monoisotopic (exact) mass is 380 g/mol. The van der Waals surface area contributed by atoms with Gasteiger partial charge in [0.2, 0.25) is 5.88 Å². The Balaban J connectivity index is 1.72. The van der Waals surface area contributed by atoms with Crippen LogP contribution in [0.4, 0.5) is 4.39 Å². The number of hydrazone groups is 1. The summed E-state index contributed by atoms with van der Waals surface area (Å²) in [5, 5.41) is 11.2. The fourth-order valence-corrected chi connectivity index (χ4v) is 2.93. The molecule has 1 fully saturated rings. The van der Waals surface area contributed by atoms with Gasteiger partial charge in [0.1, 0.15) is 11.6 Å². The summed E-state index contributed by atoms with van der Waals surface area (Å²) in [7, 11) is 0. The van der Waals surface area contributed by atoms with Crippen LogP contribution in [-0.4, -0.2) is 47.3 Å². The van der Waals surface area contributed by atoms with Crippen LogP contribution in [0.15, 0.2) is 59.7 Å². The van der Waals surface area contributed by atoms with Crippen LogP contribution < -0.4 is 4.74 Å². The fraction of sp³-hybridized carbons (Fsp3) is 0.238. The van der Waals surface area contributed by atoms with Crippen LogP contribution in [0.5, 0.6) is 11.6 Å². The highest BCUT2D eigenvalue weighted by Gasteiger charge is 2.18. The molecule has 0 unspecified atom stereocenters. The third-order valence-electron chi connectivity index (χ3n) is 4.43. The summed E-state index contributed by atoms with van der Waals surface area (Å²) in [6, 6.07) is 15.7. The molecule has 0 amide bonds. The molecule has 3 aromatic rings. The Labute approximate surface area is 162 Å². The number of hydrogen-bond donors (Lipinski definition) is 0. The number of rotatable bonds is 5. The van der Waals surface area contributed by atoms with E-state index in [-0.39, 0.29) is 5.82 Å². The van der Waals surface area contributed by atoms with Crippen LogP contribution in [0.3, 0.4) is 0 Å². The van der Waals surface area contributed by atoms with Gasteiger partial charge >= 0.3 is 0 Å². The van der Waals surface area contributed by atoms with Crippen molar-refractivity contribution in [2.45, 2.75) is 6.92 Å². The lowest BCUT2D eigenvalue weighted by molar-refractivity contribution is 0.0397. The fourth-order valence-electron chi connectivity index (χ4n) is 2.93. The number of hydrogen-bond acceptors (Lipinski definition) is 5. The van der Waals surface area contributed by atoms with Gasteiger partial charge in [0.15, 0.2) is 0 Å². The van der Waals surface area contributed by atoms with E-state index in [9.17, 15) is 4.39 Å². The molecule has 0 N–H and O–H groups in total. The zero-order chi connectivity index (χ0) is 19.3. The number of aryl methyl sites for hydroxylation is 1. The van der Waals surface area contributed by atoms with Gasteiger partial charge < -0.3 is 9.47 Å². The van der Waals surface area contributed by atoms with Crippen LogP contribution in [0, 0.1) is 12.7 Å². The van der Waals surface area contributed by atoms with E-state index in [1.807, 2.05) is 42.3 Å². The van der Waals surface area contributed by atoms with Crippen molar-refractivity contribution < 1.29 is 13.9 Å². The lowest BCUT2D eigenvalue weighted by Crippen LogP contribution is -2.32. The highest BCUT2D eigenvalue weighted by molar-refractivity contribution is 5.84. The van der Waals surface area contributed by atoms with Crippen molar-refractivity contribution in [1.29, 1.82) is 0 Å². The average Bonchev–Trinajstić information content (AvgIpc) is 3.05. The molecule has 0 spiro atoms. The highest BCUT2D eigenvalue weighted by Crippen LogP contribution is 2.29. The number of morpholine rings is 1. The van der Waals surface area contributed by atoms with Gasteiger partial charge in [0.25, 0.3) is 0 Å². The van der Waals surface area contributed by atoms with E-state index in [1.54, 1.807) is 23.0 Å². The molecule has 7 heteroatoms. The molecule has 0 aliphatic carbocycles. The first-order valence-electron chi connectivity index (χ1n) is 9.16. The predicted octanol–water partition coefficient (Wildman–Crippen LogP) is 3.78. The molecular weight excluding hydrogens is 359 g/mol. The molecule has 2 heterocycles. The van der Waals surface area contributed by atoms with Crippen molar-refractivity contribution >= 4 is 6.21 Å². The molecule has 1 aliphatic heterocycles. The Morgan fingerprint density at radius 3 is 2.50 bits per heavy atom. The first-order valence-corrected chi connectivity index (χ1v) is 9.16. The highest BCUT2D eigenvalue weighted by atomic mass is 19.1. The van der Waals surface area contributed by atoms with Crippen molar-refractivity contribution in [1.82, 2.24) is 14.8 Å². The van der Waals surface area contributed by atoms with Crippen molar-refractivity contribution in [3.63, 3.8) is 0 Å². The third kappa shape index (κ3) is 4.04. The van der Waals surface area contributed by atoms with Crippen molar-refractivity contribution in [3.8, 4) is 17.3 Å². The number of para-hydroxylation sites is 1. The molecule has 6 nitrogen and oxygen atoms in total. The standard InChI is InChI=1S/C21H21FN4O2/c1-16-20(15-23-25-11-13-27-14-12-25)21(28-19-9-7-17(22)8-10-19)26(24-16)18-5-3-2-4-6-18/h2-10,15H,11-14H2,1H3/b23-15-. The smallest absolute Gasteiger partial charge is 0.231 e. The van der Waals surface area contributed by atoms with Crippen molar-refractivity contribution in [2.24, 2.45) is 5.10 Å². The predicted molar refractivity (Wildman–Crippen MR) is 105 cm³/mol. The molecule has 1 saturated heterocycles. The number of aromatic nitrogens is 2. The first-order chi connectivity index (χ1) is 13.7. The Hall–Kier alpha value is -3.19. The topological polar surface area (TPSA) is 51.9 Å². The molecular formula is C21H21FN4O2. The Bertz CT molecular complexity index is 949. The van der Waals surface area contributed by atoms with Gasteiger partial charge in [-0.3, -0.25) is 5.01 Å². The molecule has 1 aromatic heterocycles. The molecule has 28 heavy (non-hydrogen) atoms. The van der Waals surface area contributed by atoms with E-state index >= 15 is 0 Å². The Kier molecular flexibility index (Phi) is 5.34. The van der Waals surface area contributed by atoms with Gasteiger partial charge in [-0.1, -0.05) is 18.2 Å². The molecule has 0 saturated carbocycles. The quantitative estimate of drug-likeness (QED) is 0.632. The summed E-state index contributed by atoms with van der Waals surface area (Å²) < 4.78 is 26.5. The minimum Gasteiger partial charge on any atom is -0.438 e. The van der Waals surface area contributed by atoms with E-state index in [0.29, 0.717) is 24.8 Å². The molecule has 2 aromatic carbocycles. The lowest BCUT2D eigenvalue weighted by Gasteiger charge is -2.23. The maximum atomic E-state index is 13.3. The first kappa shape index (κ1) is 18.2. The summed E-state index contributed by atoms with van der Waals surface area (Å²) in [5.74, 6) is 0.751. The second kappa shape index (κ2) is 8.22. The van der Waals surface area contributed by atoms with Crippen LogP contribution in [0.1, 0.15) is 11.3 Å². The molecule has 0 radical (unpaired) electrons. The second-order valence-electron chi connectivity index (χ2n) is 6.42. The third-order valence-corrected chi connectivity index (χ3v) is 4.43. The lowest BCUT2D eigenvalue weighted by atomic mass is 10.2. The van der Waals surface area contributed by atoms with Gasteiger partial charge in [-0.05, 0) is 43.3 Å². The average molecular weight is 380 g/mol. The summed E-state index contributed by atoms with van der Waals surface area (Å²) in [6.07, 6.45) is 1.77. The second-order valence-corrected chi connectivity index (χ2v) is 6.42. The van der Waals surface area contributed by atoms with Gasteiger partial charge in [-0.15, -0.1) is 0 Å². The maximum Gasteiger partial charge on any atom is 0.231 e. The van der Waals surface area contributed by atoms with Crippen molar-refractivity contribution in [3.05, 3.63) is 71.7 Å². The minimum atomic E-state index is -0.311. The zero-order valence-electron chi connectivity index (χ0n) is 15.6. The van der Waals surface area contributed by atoms with Gasteiger partial charge in [0.05, 0.1) is 49.5 Å². The minimum absolute atomic E-state index is 0.311. The van der Waals surface area contributed by atoms with E-state index in [1.165, 1.54) is 12.1 Å². The Morgan fingerprint density at radius 1 is 1.07 bits per heavy atom. The molecule has 0 bridgehead atoms. The van der Waals surface area contributed by atoms with Crippen molar-refractivity contribution in [2.75, 3.05) is 26.3 Å². The van der Waals surface area contributed by atoms with Gasteiger partial charge in [-0.25, -0.2) is 4.39 Å². The molecule has 144 valence electrons. The molecule has 4 rings (SSSR count). The summed E-state index contributed by atoms with van der Waals surface area (Å²) in [4.78, 5) is 0. The number of halogens is 1. The molecule has 1 aliphatic rings. The SMILES string of the molecule is Cc1nn(-c2ccccc2)c(Oc2ccc(F)cc2)c1/C=N\N1CCOCC1. The summed E-state index contributed by atoms with van der Waals surface area (Å²) >= 11 is 0. The Morgan fingerprint density at radius 2 is 1.79 bits per heavy atom.